The van der Waals surface area contributed by atoms with Gasteiger partial charge in [-0.1, -0.05) is 0 Å². The van der Waals surface area contributed by atoms with Gasteiger partial charge in [0.2, 0.25) is 5.91 Å². The van der Waals surface area contributed by atoms with Crippen molar-refractivity contribution in [3.8, 4) is 0 Å². The molecule has 0 saturated carbocycles. The zero-order chi connectivity index (χ0) is 12.0. The predicted molar refractivity (Wildman–Crippen MR) is 66.2 cm³/mol. The van der Waals surface area contributed by atoms with Gasteiger partial charge in [0.05, 0.1) is 18.6 Å². The van der Waals surface area contributed by atoms with E-state index in [1.54, 1.807) is 30.0 Å². The molecule has 0 radical (unpaired) electrons. The molecule has 1 aromatic rings. The Bertz CT molecular complexity index is 312. The summed E-state index contributed by atoms with van der Waals surface area (Å²) in [5, 5.41) is 0. The summed E-state index contributed by atoms with van der Waals surface area (Å²) in [6, 6.07) is 3.81. The van der Waals surface area contributed by atoms with E-state index >= 15 is 0 Å². The first kappa shape index (κ1) is 13.1. The number of carbonyl (C=O) groups is 1. The third-order valence-corrected chi connectivity index (χ3v) is 3.22. The second-order valence-electron chi connectivity index (χ2n) is 3.82. The smallest absolute Gasteiger partial charge is 0.232 e. The van der Waals surface area contributed by atoms with Crippen molar-refractivity contribution in [2.45, 2.75) is 19.5 Å². The summed E-state index contributed by atoms with van der Waals surface area (Å²) >= 11 is 1.56. The fourth-order valence-electron chi connectivity index (χ4n) is 1.17. The first-order chi connectivity index (χ1) is 7.59. The summed E-state index contributed by atoms with van der Waals surface area (Å²) in [5.41, 5.74) is 5.60. The van der Waals surface area contributed by atoms with E-state index < -0.39 is 0 Å². The molecule has 0 aliphatic carbocycles. The average Bonchev–Trinajstić information content (AvgIpc) is 2.69. The molecule has 16 heavy (non-hydrogen) atoms. The van der Waals surface area contributed by atoms with Gasteiger partial charge in [0.25, 0.3) is 0 Å². The Balaban J connectivity index is 2.25. The number of hydrogen-bond acceptors (Lipinski definition) is 4. The zero-order valence-electron chi connectivity index (χ0n) is 9.68. The molecule has 90 valence electrons. The molecule has 1 atom stereocenters. The Morgan fingerprint density at radius 1 is 1.69 bits per heavy atom. The molecule has 0 aliphatic rings. The minimum absolute atomic E-state index is 0.0991. The minimum atomic E-state index is 0.0991. The van der Waals surface area contributed by atoms with Gasteiger partial charge < -0.3 is 15.1 Å². The standard InChI is InChI=1S/C11H18N2O2S/c1-9(12)7-16-8-11(14)13(2)6-10-4-3-5-15-10/h3-5,9H,6-8,12H2,1-2H3. The van der Waals surface area contributed by atoms with Gasteiger partial charge >= 0.3 is 0 Å². The van der Waals surface area contributed by atoms with Crippen LogP contribution in [0.5, 0.6) is 0 Å². The lowest BCUT2D eigenvalue weighted by Gasteiger charge is -2.15. The lowest BCUT2D eigenvalue weighted by molar-refractivity contribution is -0.127. The summed E-state index contributed by atoms with van der Waals surface area (Å²) < 4.78 is 5.18. The van der Waals surface area contributed by atoms with E-state index in [1.807, 2.05) is 19.1 Å². The van der Waals surface area contributed by atoms with Gasteiger partial charge in [0, 0.05) is 18.8 Å². The largest absolute Gasteiger partial charge is 0.467 e. The van der Waals surface area contributed by atoms with E-state index in [0.717, 1.165) is 11.5 Å². The van der Waals surface area contributed by atoms with Crippen molar-refractivity contribution in [1.82, 2.24) is 4.90 Å². The van der Waals surface area contributed by atoms with E-state index in [0.29, 0.717) is 12.3 Å². The summed E-state index contributed by atoms with van der Waals surface area (Å²) in [6.07, 6.45) is 1.61. The van der Waals surface area contributed by atoms with Crippen molar-refractivity contribution in [1.29, 1.82) is 0 Å². The Labute approximate surface area is 100 Å². The van der Waals surface area contributed by atoms with E-state index in [4.69, 9.17) is 10.2 Å². The van der Waals surface area contributed by atoms with Crippen molar-refractivity contribution in [2.75, 3.05) is 18.6 Å². The maximum atomic E-state index is 11.7. The van der Waals surface area contributed by atoms with Crippen molar-refractivity contribution in [3.05, 3.63) is 24.2 Å². The highest BCUT2D eigenvalue weighted by atomic mass is 32.2. The predicted octanol–water partition coefficient (Wildman–Crippen LogP) is 1.32. The first-order valence-corrected chi connectivity index (χ1v) is 6.34. The second kappa shape index (κ2) is 6.60. The molecule has 0 saturated heterocycles. The number of hydrogen-bond donors (Lipinski definition) is 1. The normalized spacial score (nSPS) is 12.4. The lowest BCUT2D eigenvalue weighted by Crippen LogP contribution is -2.28. The number of nitrogens with two attached hydrogens (primary N) is 1. The van der Waals surface area contributed by atoms with Crippen LogP contribution in [-0.4, -0.2) is 35.4 Å². The van der Waals surface area contributed by atoms with E-state index in [1.165, 1.54) is 0 Å². The molecule has 0 bridgehead atoms. The molecular weight excluding hydrogens is 224 g/mol. The fraction of sp³-hybridized carbons (Fsp3) is 0.545. The van der Waals surface area contributed by atoms with E-state index in [9.17, 15) is 4.79 Å². The maximum absolute atomic E-state index is 11.7. The number of thioether (sulfide) groups is 1. The van der Waals surface area contributed by atoms with Crippen LogP contribution in [0, 0.1) is 0 Å². The van der Waals surface area contributed by atoms with Crippen LogP contribution >= 0.6 is 11.8 Å². The van der Waals surface area contributed by atoms with Crippen LogP contribution in [0.4, 0.5) is 0 Å². The van der Waals surface area contributed by atoms with Crippen molar-refractivity contribution in [2.24, 2.45) is 5.73 Å². The lowest BCUT2D eigenvalue weighted by atomic mass is 10.4. The Kier molecular flexibility index (Phi) is 5.42. The van der Waals surface area contributed by atoms with Gasteiger partial charge in [0.15, 0.2) is 0 Å². The van der Waals surface area contributed by atoms with Gasteiger partial charge in [-0.25, -0.2) is 0 Å². The second-order valence-corrected chi connectivity index (χ2v) is 4.85. The monoisotopic (exact) mass is 242 g/mol. The SMILES string of the molecule is CC(N)CSCC(=O)N(C)Cc1ccco1. The van der Waals surface area contributed by atoms with Crippen molar-refractivity contribution >= 4 is 17.7 Å². The van der Waals surface area contributed by atoms with Crippen molar-refractivity contribution in [3.63, 3.8) is 0 Å². The Hall–Kier alpha value is -0.940. The third kappa shape index (κ3) is 4.72. The molecule has 1 amide bonds. The van der Waals surface area contributed by atoms with Crippen molar-refractivity contribution < 1.29 is 9.21 Å². The minimum Gasteiger partial charge on any atom is -0.467 e. The summed E-state index contributed by atoms with van der Waals surface area (Å²) in [4.78, 5) is 13.3. The van der Waals surface area contributed by atoms with Crippen LogP contribution in [0.1, 0.15) is 12.7 Å². The summed E-state index contributed by atoms with van der Waals surface area (Å²) in [5.74, 6) is 2.18. The molecule has 1 aromatic heterocycles. The van der Waals surface area contributed by atoms with Gasteiger partial charge in [-0.05, 0) is 19.1 Å². The van der Waals surface area contributed by atoms with Gasteiger partial charge in [-0.3, -0.25) is 4.79 Å². The molecule has 0 spiro atoms. The highest BCUT2D eigenvalue weighted by Crippen LogP contribution is 2.07. The molecule has 1 unspecified atom stereocenters. The van der Waals surface area contributed by atoms with Crippen LogP contribution in [-0.2, 0) is 11.3 Å². The third-order valence-electron chi connectivity index (χ3n) is 2.01. The molecule has 1 rings (SSSR count). The van der Waals surface area contributed by atoms with Gasteiger partial charge in [-0.15, -0.1) is 0 Å². The molecule has 0 fully saturated rings. The first-order valence-electron chi connectivity index (χ1n) is 5.19. The van der Waals surface area contributed by atoms with Crippen LogP contribution in [0.25, 0.3) is 0 Å². The highest BCUT2D eigenvalue weighted by Gasteiger charge is 2.10. The zero-order valence-corrected chi connectivity index (χ0v) is 10.5. The average molecular weight is 242 g/mol. The highest BCUT2D eigenvalue weighted by molar-refractivity contribution is 7.99. The molecule has 4 nitrogen and oxygen atoms in total. The molecule has 2 N–H and O–H groups in total. The Morgan fingerprint density at radius 3 is 3.00 bits per heavy atom. The van der Waals surface area contributed by atoms with Crippen LogP contribution < -0.4 is 5.73 Å². The molecule has 5 heteroatoms. The molecule has 0 aromatic carbocycles. The number of carbonyl (C=O) groups excluding carboxylic acids is 1. The maximum Gasteiger partial charge on any atom is 0.232 e. The van der Waals surface area contributed by atoms with Crippen LogP contribution in [0.3, 0.4) is 0 Å². The fourth-order valence-corrected chi connectivity index (χ4v) is 2.05. The van der Waals surface area contributed by atoms with Crippen LogP contribution in [0.2, 0.25) is 0 Å². The summed E-state index contributed by atoms with van der Waals surface area (Å²) in [7, 11) is 1.78. The van der Waals surface area contributed by atoms with Gasteiger partial charge in [-0.2, -0.15) is 11.8 Å². The van der Waals surface area contributed by atoms with Gasteiger partial charge in [0.1, 0.15) is 5.76 Å². The molecular formula is C11H18N2O2S. The number of rotatable bonds is 6. The van der Waals surface area contributed by atoms with Crippen LogP contribution in [0.15, 0.2) is 22.8 Å². The topological polar surface area (TPSA) is 59.5 Å². The van der Waals surface area contributed by atoms with E-state index in [-0.39, 0.29) is 11.9 Å². The number of nitrogens with zero attached hydrogens (tertiary/aromatic N) is 1. The molecule has 0 aliphatic heterocycles. The number of amides is 1. The molecule has 1 heterocycles. The van der Waals surface area contributed by atoms with E-state index in [2.05, 4.69) is 0 Å². The quantitative estimate of drug-likeness (QED) is 0.817. The Morgan fingerprint density at radius 2 is 2.44 bits per heavy atom. The summed E-state index contributed by atoms with van der Waals surface area (Å²) in [6.45, 7) is 2.45. The number of furan rings is 1.